The molecular formula is C16H16Cl2N2O3S. The van der Waals surface area contributed by atoms with E-state index in [1.165, 1.54) is 0 Å². The Morgan fingerprint density at radius 1 is 1.33 bits per heavy atom. The molecule has 5 nitrogen and oxygen atoms in total. The molecule has 1 aliphatic heterocycles. The van der Waals surface area contributed by atoms with Crippen LogP contribution in [-0.4, -0.2) is 35.0 Å². The fourth-order valence-corrected chi connectivity index (χ4v) is 3.31. The fourth-order valence-electron chi connectivity index (χ4n) is 2.09. The van der Waals surface area contributed by atoms with Crippen LogP contribution in [0.4, 0.5) is 4.79 Å². The Kier molecular flexibility index (Phi) is 6.71. The average molecular weight is 387 g/mol. The molecule has 0 atom stereocenters. The summed E-state index contributed by atoms with van der Waals surface area (Å²) in [6.45, 7) is 2.28. The molecule has 0 aromatic heterocycles. The normalized spacial score (nSPS) is 16.1. The summed E-state index contributed by atoms with van der Waals surface area (Å²) in [5.74, 6) is -0.489. The van der Waals surface area contributed by atoms with Crippen molar-refractivity contribution >= 4 is 58.1 Å². The number of thioether (sulfide) groups is 1. The third kappa shape index (κ3) is 4.53. The molecule has 1 saturated heterocycles. The molecule has 24 heavy (non-hydrogen) atoms. The molecule has 0 spiro atoms. The molecule has 3 amide bonds. The maximum Gasteiger partial charge on any atom is 0.293 e. The van der Waals surface area contributed by atoms with Crippen LogP contribution in [0.1, 0.15) is 25.3 Å². The molecule has 1 fully saturated rings. The Hall–Kier alpha value is -1.50. The molecule has 2 rings (SSSR count). The van der Waals surface area contributed by atoms with Crippen LogP contribution in [0.2, 0.25) is 10.0 Å². The average Bonchev–Trinajstić information content (AvgIpc) is 2.79. The van der Waals surface area contributed by atoms with Gasteiger partial charge in [0.2, 0.25) is 5.91 Å². The SMILES string of the molecule is CCCC(=O)NCCN1C(=O)S/C(=C\c2cccc(Cl)c2Cl)C1=O. The van der Waals surface area contributed by atoms with E-state index in [1.54, 1.807) is 24.3 Å². The number of benzene rings is 1. The van der Waals surface area contributed by atoms with Crippen molar-refractivity contribution in [3.63, 3.8) is 0 Å². The number of halogens is 2. The lowest BCUT2D eigenvalue weighted by Crippen LogP contribution is -2.37. The molecule has 0 aliphatic carbocycles. The molecule has 1 aromatic rings. The molecule has 0 bridgehead atoms. The number of rotatable bonds is 6. The van der Waals surface area contributed by atoms with Gasteiger partial charge in [-0.05, 0) is 35.9 Å². The van der Waals surface area contributed by atoms with Crippen molar-refractivity contribution in [1.82, 2.24) is 10.2 Å². The minimum atomic E-state index is -0.397. The maximum absolute atomic E-state index is 12.3. The Morgan fingerprint density at radius 2 is 2.08 bits per heavy atom. The zero-order valence-electron chi connectivity index (χ0n) is 13.0. The standard InChI is InChI=1S/C16H16Cl2N2O3S/c1-2-4-13(21)19-7-8-20-15(22)12(24-16(20)23)9-10-5-3-6-11(17)14(10)18/h3,5-6,9H,2,4,7-8H2,1H3,(H,19,21)/b12-9-. The second-order valence-corrected chi connectivity index (χ2v) is 6.85. The third-order valence-electron chi connectivity index (χ3n) is 3.28. The van der Waals surface area contributed by atoms with Crippen LogP contribution >= 0.6 is 35.0 Å². The second kappa shape index (κ2) is 8.55. The Bertz CT molecular complexity index is 707. The van der Waals surface area contributed by atoms with Gasteiger partial charge in [0.1, 0.15) is 0 Å². The van der Waals surface area contributed by atoms with Gasteiger partial charge in [-0.3, -0.25) is 19.3 Å². The number of hydrogen-bond donors (Lipinski definition) is 1. The number of hydrogen-bond acceptors (Lipinski definition) is 4. The van der Waals surface area contributed by atoms with Crippen LogP contribution in [0.15, 0.2) is 23.1 Å². The number of amides is 3. The first kappa shape index (κ1) is 18.8. The topological polar surface area (TPSA) is 66.5 Å². The summed E-state index contributed by atoms with van der Waals surface area (Å²) in [5, 5.41) is 3.02. The number of nitrogens with zero attached hydrogens (tertiary/aromatic N) is 1. The first-order valence-electron chi connectivity index (χ1n) is 7.40. The highest BCUT2D eigenvalue weighted by Crippen LogP contribution is 2.34. The summed E-state index contributed by atoms with van der Waals surface area (Å²) < 4.78 is 0. The molecule has 1 aromatic carbocycles. The lowest BCUT2D eigenvalue weighted by atomic mass is 10.2. The van der Waals surface area contributed by atoms with E-state index in [-0.39, 0.29) is 29.1 Å². The van der Waals surface area contributed by atoms with Gasteiger partial charge in [-0.25, -0.2) is 0 Å². The molecule has 128 valence electrons. The Labute approximate surface area is 154 Å². The minimum absolute atomic E-state index is 0.0919. The van der Waals surface area contributed by atoms with Crippen molar-refractivity contribution in [3.05, 3.63) is 38.7 Å². The second-order valence-electron chi connectivity index (χ2n) is 5.08. The van der Waals surface area contributed by atoms with Gasteiger partial charge in [0, 0.05) is 19.5 Å². The third-order valence-corrected chi connectivity index (χ3v) is 5.02. The molecule has 0 unspecified atom stereocenters. The van der Waals surface area contributed by atoms with E-state index in [9.17, 15) is 14.4 Å². The maximum atomic E-state index is 12.3. The van der Waals surface area contributed by atoms with E-state index >= 15 is 0 Å². The van der Waals surface area contributed by atoms with E-state index in [0.29, 0.717) is 22.0 Å². The predicted molar refractivity (Wildman–Crippen MR) is 97.1 cm³/mol. The smallest absolute Gasteiger partial charge is 0.293 e. The largest absolute Gasteiger partial charge is 0.354 e. The zero-order valence-corrected chi connectivity index (χ0v) is 15.3. The van der Waals surface area contributed by atoms with Gasteiger partial charge in [-0.1, -0.05) is 42.3 Å². The van der Waals surface area contributed by atoms with Crippen molar-refractivity contribution in [2.45, 2.75) is 19.8 Å². The summed E-state index contributed by atoms with van der Waals surface area (Å²) in [6, 6.07) is 5.08. The minimum Gasteiger partial charge on any atom is -0.354 e. The highest BCUT2D eigenvalue weighted by Gasteiger charge is 2.34. The van der Waals surface area contributed by atoms with Crippen LogP contribution in [0.3, 0.4) is 0 Å². The molecule has 1 aliphatic rings. The molecular weight excluding hydrogens is 371 g/mol. The van der Waals surface area contributed by atoms with E-state index in [4.69, 9.17) is 23.2 Å². The van der Waals surface area contributed by atoms with E-state index < -0.39 is 5.91 Å². The molecule has 1 N–H and O–H groups in total. The van der Waals surface area contributed by atoms with E-state index in [2.05, 4.69) is 5.32 Å². The van der Waals surface area contributed by atoms with Crippen LogP contribution in [-0.2, 0) is 9.59 Å². The number of nitrogens with one attached hydrogen (secondary N) is 1. The van der Waals surface area contributed by atoms with Gasteiger partial charge >= 0.3 is 0 Å². The van der Waals surface area contributed by atoms with Crippen molar-refractivity contribution in [1.29, 1.82) is 0 Å². The molecule has 8 heteroatoms. The first-order chi connectivity index (χ1) is 11.4. The molecule has 0 saturated carbocycles. The van der Waals surface area contributed by atoms with Crippen LogP contribution in [0.25, 0.3) is 6.08 Å². The Morgan fingerprint density at radius 3 is 2.79 bits per heavy atom. The molecule has 1 heterocycles. The van der Waals surface area contributed by atoms with Gasteiger partial charge < -0.3 is 5.32 Å². The van der Waals surface area contributed by atoms with Crippen molar-refractivity contribution in [2.75, 3.05) is 13.1 Å². The lowest BCUT2D eigenvalue weighted by molar-refractivity contribution is -0.124. The monoisotopic (exact) mass is 386 g/mol. The van der Waals surface area contributed by atoms with Gasteiger partial charge in [0.05, 0.1) is 15.0 Å². The van der Waals surface area contributed by atoms with Crippen LogP contribution < -0.4 is 5.32 Å². The summed E-state index contributed by atoms with van der Waals surface area (Å²) >= 11 is 12.9. The van der Waals surface area contributed by atoms with Gasteiger partial charge in [0.25, 0.3) is 11.1 Å². The van der Waals surface area contributed by atoms with Crippen molar-refractivity contribution < 1.29 is 14.4 Å². The summed E-state index contributed by atoms with van der Waals surface area (Å²) in [4.78, 5) is 37.1. The van der Waals surface area contributed by atoms with Crippen LogP contribution in [0, 0.1) is 0 Å². The molecule has 0 radical (unpaired) electrons. The van der Waals surface area contributed by atoms with Gasteiger partial charge in [-0.2, -0.15) is 0 Å². The van der Waals surface area contributed by atoms with Crippen molar-refractivity contribution in [3.8, 4) is 0 Å². The Balaban J connectivity index is 2.04. The highest BCUT2D eigenvalue weighted by molar-refractivity contribution is 8.18. The summed E-state index contributed by atoms with van der Waals surface area (Å²) in [5.41, 5.74) is 0.575. The lowest BCUT2D eigenvalue weighted by Gasteiger charge is -2.12. The highest BCUT2D eigenvalue weighted by atomic mass is 35.5. The van der Waals surface area contributed by atoms with E-state index in [1.807, 2.05) is 6.92 Å². The first-order valence-corrected chi connectivity index (χ1v) is 8.97. The van der Waals surface area contributed by atoms with Crippen LogP contribution in [0.5, 0.6) is 0 Å². The zero-order chi connectivity index (χ0) is 17.7. The quantitative estimate of drug-likeness (QED) is 0.751. The van der Waals surface area contributed by atoms with Gasteiger partial charge in [0.15, 0.2) is 0 Å². The number of carbonyl (C=O) groups is 3. The number of imide groups is 1. The fraction of sp³-hybridized carbons (Fsp3) is 0.312. The van der Waals surface area contributed by atoms with Gasteiger partial charge in [-0.15, -0.1) is 0 Å². The summed E-state index contributed by atoms with van der Waals surface area (Å²) in [6.07, 6.45) is 2.72. The predicted octanol–water partition coefficient (Wildman–Crippen LogP) is 3.95. The van der Waals surface area contributed by atoms with Crippen molar-refractivity contribution in [2.24, 2.45) is 0 Å². The van der Waals surface area contributed by atoms with E-state index in [0.717, 1.165) is 23.1 Å². The number of carbonyl (C=O) groups excluding carboxylic acids is 3. The summed E-state index contributed by atoms with van der Waals surface area (Å²) in [7, 11) is 0.